The van der Waals surface area contributed by atoms with Crippen LogP contribution >= 0.6 is 0 Å². The fourth-order valence-corrected chi connectivity index (χ4v) is 2.34. The Morgan fingerprint density at radius 2 is 2.05 bits per heavy atom. The molecule has 0 radical (unpaired) electrons. The molecule has 0 saturated carbocycles. The molecular formula is C16H29N3O2. The highest BCUT2D eigenvalue weighted by atomic mass is 16.5. The van der Waals surface area contributed by atoms with Crippen LogP contribution < -0.4 is 5.32 Å². The Morgan fingerprint density at radius 1 is 1.38 bits per heavy atom. The van der Waals surface area contributed by atoms with Gasteiger partial charge in [-0.15, -0.1) is 0 Å². The van der Waals surface area contributed by atoms with E-state index in [9.17, 15) is 4.79 Å². The van der Waals surface area contributed by atoms with Gasteiger partial charge >= 0.3 is 0 Å². The van der Waals surface area contributed by atoms with Crippen LogP contribution in [0.1, 0.15) is 55.9 Å². The van der Waals surface area contributed by atoms with Gasteiger partial charge in [0.05, 0.1) is 0 Å². The molecule has 1 unspecified atom stereocenters. The number of hydrogen-bond acceptors (Lipinski definition) is 4. The molecule has 1 heterocycles. The number of rotatable bonds is 8. The third-order valence-electron chi connectivity index (χ3n) is 4.28. The maximum Gasteiger partial charge on any atom is 0.273 e. The van der Waals surface area contributed by atoms with Crippen molar-refractivity contribution in [1.82, 2.24) is 15.4 Å². The molecule has 5 heteroatoms. The van der Waals surface area contributed by atoms with Crippen LogP contribution in [0.4, 0.5) is 0 Å². The second-order valence-corrected chi connectivity index (χ2v) is 6.11. The first-order chi connectivity index (χ1) is 9.86. The maximum absolute atomic E-state index is 12.3. The Labute approximate surface area is 128 Å². The first kappa shape index (κ1) is 17.7. The number of nitrogens with one attached hydrogen (secondary N) is 1. The van der Waals surface area contributed by atoms with Crippen LogP contribution in [0.5, 0.6) is 0 Å². The summed E-state index contributed by atoms with van der Waals surface area (Å²) in [5.74, 6) is 0.638. The maximum atomic E-state index is 12.3. The summed E-state index contributed by atoms with van der Waals surface area (Å²) in [7, 11) is 2.10. The summed E-state index contributed by atoms with van der Waals surface area (Å²) in [6.07, 6.45) is 1.76. The second kappa shape index (κ2) is 7.59. The third-order valence-corrected chi connectivity index (χ3v) is 4.28. The van der Waals surface area contributed by atoms with Crippen molar-refractivity contribution in [2.24, 2.45) is 5.41 Å². The molecule has 21 heavy (non-hydrogen) atoms. The molecule has 0 aliphatic rings. The van der Waals surface area contributed by atoms with Crippen LogP contribution in [0.3, 0.4) is 0 Å². The molecule has 1 N–H and O–H groups in total. The Bertz CT molecular complexity index is 470. The number of aromatic nitrogens is 1. The SMILES string of the molecule is CCc1onc(C(=O)NCC(C)(CC)CN(C)CC)c1C. The number of aryl methyl sites for hydroxylation is 1. The predicted molar refractivity (Wildman–Crippen MR) is 84.5 cm³/mol. The van der Waals surface area contributed by atoms with Crippen LogP contribution in [0.25, 0.3) is 0 Å². The molecule has 1 amide bonds. The third kappa shape index (κ3) is 4.56. The van der Waals surface area contributed by atoms with E-state index in [4.69, 9.17) is 4.52 Å². The van der Waals surface area contributed by atoms with Crippen molar-refractivity contribution in [1.29, 1.82) is 0 Å². The van der Waals surface area contributed by atoms with Crippen molar-refractivity contribution >= 4 is 5.91 Å². The van der Waals surface area contributed by atoms with Gasteiger partial charge in [0.1, 0.15) is 5.76 Å². The minimum absolute atomic E-state index is 0.0612. The summed E-state index contributed by atoms with van der Waals surface area (Å²) >= 11 is 0. The molecule has 0 aliphatic heterocycles. The monoisotopic (exact) mass is 295 g/mol. The molecule has 1 rings (SSSR count). The summed E-state index contributed by atoms with van der Waals surface area (Å²) in [6.45, 7) is 13.0. The Morgan fingerprint density at radius 3 is 2.52 bits per heavy atom. The summed E-state index contributed by atoms with van der Waals surface area (Å²) in [6, 6.07) is 0. The van der Waals surface area contributed by atoms with Gasteiger partial charge in [-0.05, 0) is 32.4 Å². The van der Waals surface area contributed by atoms with Gasteiger partial charge < -0.3 is 14.7 Å². The Hall–Kier alpha value is -1.36. The van der Waals surface area contributed by atoms with E-state index in [0.717, 1.165) is 37.3 Å². The molecule has 120 valence electrons. The van der Waals surface area contributed by atoms with E-state index in [2.05, 4.69) is 43.2 Å². The van der Waals surface area contributed by atoms with Crippen LogP contribution in [0, 0.1) is 12.3 Å². The summed E-state index contributed by atoms with van der Waals surface area (Å²) < 4.78 is 5.19. The summed E-state index contributed by atoms with van der Waals surface area (Å²) in [4.78, 5) is 14.5. The zero-order chi connectivity index (χ0) is 16.0. The van der Waals surface area contributed by atoms with Gasteiger partial charge in [-0.2, -0.15) is 0 Å². The van der Waals surface area contributed by atoms with Crippen LogP contribution in [-0.4, -0.2) is 42.6 Å². The molecule has 1 aromatic rings. The van der Waals surface area contributed by atoms with Crippen LogP contribution in [0.2, 0.25) is 0 Å². The van der Waals surface area contributed by atoms with Gasteiger partial charge in [0.15, 0.2) is 5.69 Å². The number of amides is 1. The van der Waals surface area contributed by atoms with Crippen molar-refractivity contribution in [2.75, 3.05) is 26.7 Å². The quantitative estimate of drug-likeness (QED) is 0.801. The Kier molecular flexibility index (Phi) is 6.40. The Balaban J connectivity index is 2.67. The first-order valence-electron chi connectivity index (χ1n) is 7.78. The lowest BCUT2D eigenvalue weighted by Crippen LogP contribution is -2.42. The zero-order valence-corrected chi connectivity index (χ0v) is 14.2. The largest absolute Gasteiger partial charge is 0.360 e. The first-order valence-corrected chi connectivity index (χ1v) is 7.78. The van der Waals surface area contributed by atoms with E-state index in [0.29, 0.717) is 12.2 Å². The van der Waals surface area contributed by atoms with Crippen LogP contribution in [-0.2, 0) is 6.42 Å². The van der Waals surface area contributed by atoms with E-state index < -0.39 is 0 Å². The molecule has 0 saturated heterocycles. The smallest absolute Gasteiger partial charge is 0.273 e. The van der Waals surface area contributed by atoms with E-state index >= 15 is 0 Å². The highest BCUT2D eigenvalue weighted by Crippen LogP contribution is 2.21. The van der Waals surface area contributed by atoms with Gasteiger partial charge in [-0.3, -0.25) is 4.79 Å². The van der Waals surface area contributed by atoms with E-state index in [1.54, 1.807) is 0 Å². The molecule has 0 aliphatic carbocycles. The van der Waals surface area contributed by atoms with Gasteiger partial charge in [0.2, 0.25) is 0 Å². The van der Waals surface area contributed by atoms with E-state index in [-0.39, 0.29) is 11.3 Å². The molecule has 5 nitrogen and oxygen atoms in total. The number of hydrogen-bond donors (Lipinski definition) is 1. The highest BCUT2D eigenvalue weighted by molar-refractivity contribution is 5.93. The average molecular weight is 295 g/mol. The second-order valence-electron chi connectivity index (χ2n) is 6.11. The lowest BCUT2D eigenvalue weighted by atomic mass is 9.86. The van der Waals surface area contributed by atoms with Crippen molar-refractivity contribution in [2.45, 2.75) is 47.5 Å². The van der Waals surface area contributed by atoms with Gasteiger partial charge in [-0.25, -0.2) is 0 Å². The predicted octanol–water partition coefficient (Wildman–Crippen LogP) is 2.64. The summed E-state index contributed by atoms with van der Waals surface area (Å²) in [5.41, 5.74) is 1.32. The lowest BCUT2D eigenvalue weighted by Gasteiger charge is -2.32. The zero-order valence-electron chi connectivity index (χ0n) is 14.2. The molecule has 0 spiro atoms. The highest BCUT2D eigenvalue weighted by Gasteiger charge is 2.26. The molecule has 0 aromatic carbocycles. The van der Waals surface area contributed by atoms with Gasteiger partial charge in [0.25, 0.3) is 5.91 Å². The van der Waals surface area contributed by atoms with Crippen LogP contribution in [0.15, 0.2) is 4.52 Å². The topological polar surface area (TPSA) is 58.4 Å². The summed E-state index contributed by atoms with van der Waals surface area (Å²) in [5, 5.41) is 6.90. The van der Waals surface area contributed by atoms with Crippen molar-refractivity contribution in [3.05, 3.63) is 17.0 Å². The molecule has 1 aromatic heterocycles. The van der Waals surface area contributed by atoms with E-state index in [1.807, 2.05) is 13.8 Å². The van der Waals surface area contributed by atoms with E-state index in [1.165, 1.54) is 0 Å². The number of carbonyl (C=O) groups is 1. The molecule has 0 fully saturated rings. The van der Waals surface area contributed by atoms with Crippen molar-refractivity contribution < 1.29 is 9.32 Å². The lowest BCUT2D eigenvalue weighted by molar-refractivity contribution is 0.0908. The van der Waals surface area contributed by atoms with Gasteiger partial charge in [0, 0.05) is 25.1 Å². The fourth-order valence-electron chi connectivity index (χ4n) is 2.34. The standard InChI is InChI=1S/C16H29N3O2/c1-7-13-12(4)14(18-21-13)15(20)17-10-16(5,8-2)11-19(6)9-3/h7-11H2,1-6H3,(H,17,20). The number of carbonyl (C=O) groups excluding carboxylic acids is 1. The number of nitrogens with zero attached hydrogens (tertiary/aromatic N) is 2. The normalized spacial score (nSPS) is 14.2. The molecule has 0 bridgehead atoms. The molecule has 1 atom stereocenters. The van der Waals surface area contributed by atoms with Crippen molar-refractivity contribution in [3.63, 3.8) is 0 Å². The minimum atomic E-state index is -0.144. The average Bonchev–Trinajstić information content (AvgIpc) is 2.85. The van der Waals surface area contributed by atoms with Crippen molar-refractivity contribution in [3.8, 4) is 0 Å². The van der Waals surface area contributed by atoms with Gasteiger partial charge in [-0.1, -0.05) is 32.9 Å². The molecular weight excluding hydrogens is 266 g/mol. The fraction of sp³-hybridized carbons (Fsp3) is 0.750. The minimum Gasteiger partial charge on any atom is -0.360 e.